The fourth-order valence-corrected chi connectivity index (χ4v) is 4.19. The molecular weight excluding hydrogens is 310 g/mol. The predicted octanol–water partition coefficient (Wildman–Crippen LogP) is 2.76. The molecule has 0 aromatic heterocycles. The zero-order valence-corrected chi connectivity index (χ0v) is 13.7. The van der Waals surface area contributed by atoms with E-state index in [0.29, 0.717) is 5.75 Å². The number of nitro groups is 1. The number of hydrogen-bond donors (Lipinski definition) is 1. The maximum atomic E-state index is 11.1. The summed E-state index contributed by atoms with van der Waals surface area (Å²) in [5.41, 5.74) is 0.675. The minimum absolute atomic E-state index is 0.0457. The van der Waals surface area contributed by atoms with Gasteiger partial charge in [-0.2, -0.15) is 0 Å². The van der Waals surface area contributed by atoms with Gasteiger partial charge in [-0.25, -0.2) is 0 Å². The minimum atomic E-state index is -0.358. The summed E-state index contributed by atoms with van der Waals surface area (Å²) in [5, 5.41) is 14.7. The lowest BCUT2D eigenvalue weighted by atomic mass is 9.78. The van der Waals surface area contributed by atoms with Crippen molar-refractivity contribution in [3.05, 3.63) is 28.3 Å². The number of nitrogens with one attached hydrogen (secondary N) is 1. The van der Waals surface area contributed by atoms with Gasteiger partial charge in [-0.3, -0.25) is 15.0 Å². The fraction of sp³-hybridized carbons (Fsp3) is 0.647. The first-order chi connectivity index (χ1) is 11.7. The number of morpholine rings is 1. The van der Waals surface area contributed by atoms with E-state index in [9.17, 15) is 10.1 Å². The van der Waals surface area contributed by atoms with Crippen molar-refractivity contribution in [3.8, 4) is 5.75 Å². The first-order valence-electron chi connectivity index (χ1n) is 8.73. The first-order valence-corrected chi connectivity index (χ1v) is 8.73. The van der Waals surface area contributed by atoms with Gasteiger partial charge in [-0.15, -0.1) is 0 Å². The molecule has 1 spiro atoms. The van der Waals surface area contributed by atoms with Crippen molar-refractivity contribution >= 4 is 11.4 Å². The average Bonchev–Trinajstić information content (AvgIpc) is 2.62. The Bertz CT molecular complexity index is 624. The molecule has 0 radical (unpaired) electrons. The average molecular weight is 333 g/mol. The molecule has 130 valence electrons. The second-order valence-corrected chi connectivity index (χ2v) is 6.90. The maximum absolute atomic E-state index is 11.1. The van der Waals surface area contributed by atoms with Gasteiger partial charge in [0.2, 0.25) is 0 Å². The molecule has 1 saturated carbocycles. The number of ether oxygens (including phenoxy) is 2. The molecule has 1 aromatic carbocycles. The van der Waals surface area contributed by atoms with Crippen LogP contribution in [0.15, 0.2) is 18.2 Å². The molecule has 4 rings (SSSR count). The van der Waals surface area contributed by atoms with Crippen LogP contribution in [0.2, 0.25) is 0 Å². The molecule has 2 fully saturated rings. The zero-order chi connectivity index (χ0) is 16.6. The van der Waals surface area contributed by atoms with Crippen molar-refractivity contribution in [3.63, 3.8) is 0 Å². The Morgan fingerprint density at radius 3 is 2.67 bits per heavy atom. The van der Waals surface area contributed by atoms with E-state index in [2.05, 4.69) is 10.2 Å². The molecule has 24 heavy (non-hydrogen) atoms. The monoisotopic (exact) mass is 333 g/mol. The molecule has 2 heterocycles. The highest BCUT2D eigenvalue weighted by molar-refractivity contribution is 5.64. The number of anilines is 1. The topological polar surface area (TPSA) is 76.9 Å². The Balaban J connectivity index is 1.69. The van der Waals surface area contributed by atoms with Crippen LogP contribution in [-0.2, 0) is 4.74 Å². The minimum Gasteiger partial charge on any atom is -0.470 e. The lowest BCUT2D eigenvalue weighted by Gasteiger charge is -2.52. The third-order valence-electron chi connectivity index (χ3n) is 5.39. The van der Waals surface area contributed by atoms with E-state index < -0.39 is 0 Å². The number of benzene rings is 1. The van der Waals surface area contributed by atoms with Gasteiger partial charge < -0.3 is 14.8 Å². The van der Waals surface area contributed by atoms with Gasteiger partial charge in [0.05, 0.1) is 29.4 Å². The van der Waals surface area contributed by atoms with Crippen molar-refractivity contribution in [1.82, 2.24) is 4.90 Å². The van der Waals surface area contributed by atoms with Gasteiger partial charge in [-0.05, 0) is 18.9 Å². The van der Waals surface area contributed by atoms with Crippen LogP contribution in [0.1, 0.15) is 32.1 Å². The normalized spacial score (nSPS) is 26.2. The molecule has 1 saturated heterocycles. The third kappa shape index (κ3) is 2.71. The number of nitrogens with zero attached hydrogens (tertiary/aromatic N) is 2. The Morgan fingerprint density at radius 2 is 1.96 bits per heavy atom. The molecule has 1 aliphatic carbocycles. The summed E-state index contributed by atoms with van der Waals surface area (Å²) >= 11 is 0. The summed E-state index contributed by atoms with van der Waals surface area (Å²) in [6.45, 7) is 3.17. The highest BCUT2D eigenvalue weighted by atomic mass is 16.6. The lowest BCUT2D eigenvalue weighted by molar-refractivity contribution is -0.384. The van der Waals surface area contributed by atoms with Gasteiger partial charge >= 0.3 is 0 Å². The zero-order valence-electron chi connectivity index (χ0n) is 13.7. The van der Waals surface area contributed by atoms with E-state index in [4.69, 9.17) is 9.47 Å². The van der Waals surface area contributed by atoms with Crippen LogP contribution in [0.3, 0.4) is 0 Å². The van der Waals surface area contributed by atoms with Gasteiger partial charge in [-0.1, -0.05) is 19.3 Å². The second kappa shape index (κ2) is 6.22. The molecule has 3 aliphatic rings. The van der Waals surface area contributed by atoms with Gasteiger partial charge in [0.25, 0.3) is 5.69 Å². The van der Waals surface area contributed by atoms with Crippen LogP contribution in [-0.4, -0.2) is 47.9 Å². The molecule has 1 N–H and O–H groups in total. The summed E-state index contributed by atoms with van der Waals surface area (Å²) in [4.78, 5) is 13.1. The summed E-state index contributed by atoms with van der Waals surface area (Å²) in [7, 11) is 0. The third-order valence-corrected chi connectivity index (χ3v) is 5.39. The highest BCUT2D eigenvalue weighted by Gasteiger charge is 2.48. The van der Waals surface area contributed by atoms with Gasteiger partial charge in [0, 0.05) is 25.2 Å². The number of nitro benzene ring substituents is 1. The SMILES string of the molecule is O=[N+]([O-])c1ccc2c(c1)NC1(CCCCC1)C(N1CCOCC1)O2. The van der Waals surface area contributed by atoms with E-state index in [1.165, 1.54) is 12.5 Å². The Hall–Kier alpha value is -1.86. The smallest absolute Gasteiger partial charge is 0.271 e. The molecular formula is C17H23N3O4. The molecule has 1 unspecified atom stereocenters. The van der Waals surface area contributed by atoms with Crippen LogP contribution in [0, 0.1) is 10.1 Å². The van der Waals surface area contributed by atoms with Crippen molar-refractivity contribution in [2.45, 2.75) is 43.9 Å². The van der Waals surface area contributed by atoms with E-state index in [-0.39, 0.29) is 22.4 Å². The number of fused-ring (bicyclic) bond motifs is 1. The molecule has 7 heteroatoms. The van der Waals surface area contributed by atoms with Crippen molar-refractivity contribution in [2.24, 2.45) is 0 Å². The van der Waals surface area contributed by atoms with Gasteiger partial charge in [0.15, 0.2) is 6.23 Å². The molecule has 0 bridgehead atoms. The van der Waals surface area contributed by atoms with E-state index in [1.54, 1.807) is 12.1 Å². The number of hydrogen-bond acceptors (Lipinski definition) is 6. The molecule has 1 atom stereocenters. The Morgan fingerprint density at radius 1 is 1.21 bits per heavy atom. The molecule has 2 aliphatic heterocycles. The van der Waals surface area contributed by atoms with Crippen LogP contribution in [0.5, 0.6) is 5.75 Å². The molecule has 7 nitrogen and oxygen atoms in total. The lowest BCUT2D eigenvalue weighted by Crippen LogP contribution is -2.64. The summed E-state index contributed by atoms with van der Waals surface area (Å²) in [6, 6.07) is 4.82. The van der Waals surface area contributed by atoms with Crippen molar-refractivity contribution < 1.29 is 14.4 Å². The van der Waals surface area contributed by atoms with E-state index >= 15 is 0 Å². The van der Waals surface area contributed by atoms with Crippen LogP contribution < -0.4 is 10.1 Å². The van der Waals surface area contributed by atoms with Crippen LogP contribution >= 0.6 is 0 Å². The standard InChI is InChI=1S/C17H23N3O4/c21-20(22)13-4-5-15-14(12-13)18-17(6-2-1-3-7-17)16(24-15)19-8-10-23-11-9-19/h4-5,12,16,18H,1-3,6-11H2. The summed E-state index contributed by atoms with van der Waals surface area (Å²) < 4.78 is 11.9. The Kier molecular flexibility index (Phi) is 4.05. The summed E-state index contributed by atoms with van der Waals surface area (Å²) in [5.74, 6) is 0.702. The van der Waals surface area contributed by atoms with Crippen LogP contribution in [0.25, 0.3) is 0 Å². The van der Waals surface area contributed by atoms with E-state index in [1.807, 2.05) is 0 Å². The largest absolute Gasteiger partial charge is 0.470 e. The predicted molar refractivity (Wildman–Crippen MR) is 89.3 cm³/mol. The molecule has 1 aromatic rings. The summed E-state index contributed by atoms with van der Waals surface area (Å²) in [6.07, 6.45) is 5.55. The Labute approximate surface area is 141 Å². The number of rotatable bonds is 2. The van der Waals surface area contributed by atoms with Crippen molar-refractivity contribution in [2.75, 3.05) is 31.6 Å². The molecule has 0 amide bonds. The number of non-ortho nitro benzene ring substituents is 1. The first kappa shape index (κ1) is 15.7. The van der Waals surface area contributed by atoms with E-state index in [0.717, 1.165) is 57.7 Å². The van der Waals surface area contributed by atoms with Crippen molar-refractivity contribution in [1.29, 1.82) is 0 Å². The second-order valence-electron chi connectivity index (χ2n) is 6.90. The van der Waals surface area contributed by atoms with Gasteiger partial charge in [0.1, 0.15) is 5.75 Å². The van der Waals surface area contributed by atoms with Crippen LogP contribution in [0.4, 0.5) is 11.4 Å². The fourth-order valence-electron chi connectivity index (χ4n) is 4.19. The highest BCUT2D eigenvalue weighted by Crippen LogP contribution is 2.45. The quantitative estimate of drug-likeness (QED) is 0.662. The maximum Gasteiger partial charge on any atom is 0.271 e.